The van der Waals surface area contributed by atoms with Crippen molar-refractivity contribution in [1.29, 1.82) is 0 Å². The number of esters is 1. The molecule has 2 nitrogen and oxygen atoms in total. The summed E-state index contributed by atoms with van der Waals surface area (Å²) in [7, 11) is 0. The smallest absolute Gasteiger partial charge is 0.316 e. The maximum Gasteiger partial charge on any atom is 0.316 e. The normalized spacial score (nSPS) is 14.3. The van der Waals surface area contributed by atoms with Gasteiger partial charge in [-0.3, -0.25) is 4.79 Å². The number of carbonyl (C=O) groups excluding carboxylic acids is 1. The second kappa shape index (κ2) is 7.49. The van der Waals surface area contributed by atoms with Crippen LogP contribution in [-0.4, -0.2) is 5.97 Å². The molecule has 0 N–H and O–H groups in total. The highest BCUT2D eigenvalue weighted by molar-refractivity contribution is 5.76. The number of unbranched alkanes of at least 4 members (excludes halogenated alkanes) is 2. The minimum absolute atomic E-state index is 0.129. The third-order valence-corrected chi connectivity index (χ3v) is 2.82. The highest BCUT2D eigenvalue weighted by Crippen LogP contribution is 2.31. The highest BCUT2D eigenvalue weighted by atomic mass is 16.5. The predicted molar refractivity (Wildman–Crippen MR) is 63.4 cm³/mol. The molecule has 0 spiro atoms. The van der Waals surface area contributed by atoms with Crippen LogP contribution in [0.1, 0.15) is 59.3 Å². The molecule has 1 atom stereocenters. The number of rotatable bonds is 8. The molecule has 0 saturated carbocycles. The van der Waals surface area contributed by atoms with Crippen LogP contribution in [0.25, 0.3) is 0 Å². The van der Waals surface area contributed by atoms with Gasteiger partial charge >= 0.3 is 5.97 Å². The van der Waals surface area contributed by atoms with Gasteiger partial charge in [0.05, 0.1) is 11.7 Å². The molecule has 0 rings (SSSR count). The van der Waals surface area contributed by atoms with Gasteiger partial charge in [-0.2, -0.15) is 0 Å². The van der Waals surface area contributed by atoms with Gasteiger partial charge in [-0.15, -0.1) is 0 Å². The van der Waals surface area contributed by atoms with E-state index < -0.39 is 0 Å². The van der Waals surface area contributed by atoms with Crippen LogP contribution in [0.15, 0.2) is 12.8 Å². The van der Waals surface area contributed by atoms with Gasteiger partial charge in [0.25, 0.3) is 0 Å². The molecule has 0 amide bonds. The van der Waals surface area contributed by atoms with Crippen LogP contribution >= 0.6 is 0 Å². The van der Waals surface area contributed by atoms with Crippen molar-refractivity contribution in [2.45, 2.75) is 59.3 Å². The Balaban J connectivity index is 4.28. The molecule has 0 aliphatic rings. The fourth-order valence-electron chi connectivity index (χ4n) is 1.86. The molecule has 0 saturated heterocycles. The van der Waals surface area contributed by atoms with Gasteiger partial charge in [0.1, 0.15) is 0 Å². The van der Waals surface area contributed by atoms with Gasteiger partial charge < -0.3 is 4.74 Å². The molecule has 88 valence electrons. The summed E-state index contributed by atoms with van der Waals surface area (Å²) < 4.78 is 4.92. The molecule has 0 bridgehead atoms. The molecular formula is C13H24O2. The zero-order valence-corrected chi connectivity index (χ0v) is 10.3. The van der Waals surface area contributed by atoms with E-state index in [0.717, 1.165) is 25.7 Å². The molecule has 0 aliphatic heterocycles. The zero-order valence-electron chi connectivity index (χ0n) is 10.3. The summed E-state index contributed by atoms with van der Waals surface area (Å²) in [6.07, 6.45) is 7.51. The van der Waals surface area contributed by atoms with Crippen LogP contribution in [0.4, 0.5) is 0 Å². The van der Waals surface area contributed by atoms with E-state index in [4.69, 9.17) is 4.74 Å². The van der Waals surface area contributed by atoms with E-state index in [1.807, 2.05) is 6.92 Å². The SMILES string of the molecule is C=COC(=O)C(C)(CCC)CCCCC. The Morgan fingerprint density at radius 3 is 2.40 bits per heavy atom. The van der Waals surface area contributed by atoms with Crippen LogP contribution in [0.5, 0.6) is 0 Å². The van der Waals surface area contributed by atoms with Crippen molar-refractivity contribution in [1.82, 2.24) is 0 Å². The summed E-state index contributed by atoms with van der Waals surface area (Å²) >= 11 is 0. The zero-order chi connectivity index (χ0) is 11.7. The topological polar surface area (TPSA) is 26.3 Å². The van der Waals surface area contributed by atoms with Crippen LogP contribution in [-0.2, 0) is 9.53 Å². The van der Waals surface area contributed by atoms with Crippen molar-refractivity contribution >= 4 is 5.97 Å². The van der Waals surface area contributed by atoms with E-state index in [1.165, 1.54) is 19.1 Å². The summed E-state index contributed by atoms with van der Waals surface area (Å²) in [4.78, 5) is 11.8. The molecule has 0 radical (unpaired) electrons. The van der Waals surface area contributed by atoms with E-state index in [2.05, 4.69) is 20.4 Å². The van der Waals surface area contributed by atoms with Crippen LogP contribution in [0.3, 0.4) is 0 Å². The summed E-state index contributed by atoms with van der Waals surface area (Å²) in [5.41, 5.74) is -0.321. The molecule has 0 heterocycles. The van der Waals surface area contributed by atoms with Gasteiger partial charge in [-0.1, -0.05) is 46.1 Å². The van der Waals surface area contributed by atoms with E-state index in [9.17, 15) is 4.79 Å². The molecule has 0 aliphatic carbocycles. The summed E-state index contributed by atoms with van der Waals surface area (Å²) in [6, 6.07) is 0. The van der Waals surface area contributed by atoms with E-state index >= 15 is 0 Å². The monoisotopic (exact) mass is 212 g/mol. The van der Waals surface area contributed by atoms with Gasteiger partial charge in [0.2, 0.25) is 0 Å². The lowest BCUT2D eigenvalue weighted by Crippen LogP contribution is -2.28. The van der Waals surface area contributed by atoms with Crippen molar-refractivity contribution in [2.24, 2.45) is 5.41 Å². The Bertz CT molecular complexity index is 199. The quantitative estimate of drug-likeness (QED) is 0.344. The Kier molecular flexibility index (Phi) is 7.10. The maximum atomic E-state index is 11.8. The average molecular weight is 212 g/mol. The summed E-state index contributed by atoms with van der Waals surface area (Å²) in [5.74, 6) is -0.129. The molecular weight excluding hydrogens is 188 g/mol. The number of carbonyl (C=O) groups is 1. The number of hydrogen-bond acceptors (Lipinski definition) is 2. The first-order valence-electron chi connectivity index (χ1n) is 5.92. The second-order valence-corrected chi connectivity index (χ2v) is 4.34. The Hall–Kier alpha value is -0.790. The number of hydrogen-bond donors (Lipinski definition) is 0. The first kappa shape index (κ1) is 14.2. The molecule has 0 aromatic carbocycles. The van der Waals surface area contributed by atoms with Gasteiger partial charge in [0.15, 0.2) is 0 Å². The van der Waals surface area contributed by atoms with Crippen molar-refractivity contribution in [3.8, 4) is 0 Å². The minimum Gasteiger partial charge on any atom is -0.435 e. The van der Waals surface area contributed by atoms with E-state index in [1.54, 1.807) is 0 Å². The van der Waals surface area contributed by atoms with Gasteiger partial charge in [0, 0.05) is 0 Å². The first-order chi connectivity index (χ1) is 7.10. The fraction of sp³-hybridized carbons (Fsp3) is 0.769. The highest BCUT2D eigenvalue weighted by Gasteiger charge is 2.32. The minimum atomic E-state index is -0.321. The molecule has 15 heavy (non-hydrogen) atoms. The standard InChI is InChI=1S/C13H24O2/c1-5-8-9-11-13(4,10-6-2)12(14)15-7-3/h7H,3,5-6,8-11H2,1-2,4H3. The fourth-order valence-corrected chi connectivity index (χ4v) is 1.86. The molecule has 2 heteroatoms. The van der Waals surface area contributed by atoms with Crippen molar-refractivity contribution in [3.63, 3.8) is 0 Å². The van der Waals surface area contributed by atoms with Crippen molar-refractivity contribution in [3.05, 3.63) is 12.8 Å². The largest absolute Gasteiger partial charge is 0.435 e. The van der Waals surface area contributed by atoms with Crippen molar-refractivity contribution < 1.29 is 9.53 Å². The summed E-state index contributed by atoms with van der Waals surface area (Å²) in [5, 5.41) is 0. The Labute approximate surface area is 93.7 Å². The lowest BCUT2D eigenvalue weighted by Gasteiger charge is -2.25. The van der Waals surface area contributed by atoms with E-state index in [0.29, 0.717) is 0 Å². The van der Waals surface area contributed by atoms with Crippen LogP contribution in [0, 0.1) is 5.41 Å². The summed E-state index contributed by atoms with van der Waals surface area (Å²) in [6.45, 7) is 9.69. The van der Waals surface area contributed by atoms with Gasteiger partial charge in [-0.25, -0.2) is 0 Å². The molecule has 0 aromatic heterocycles. The molecule has 0 fully saturated rings. The average Bonchev–Trinajstić information content (AvgIpc) is 2.19. The lowest BCUT2D eigenvalue weighted by atomic mass is 9.80. The second-order valence-electron chi connectivity index (χ2n) is 4.34. The van der Waals surface area contributed by atoms with Crippen LogP contribution < -0.4 is 0 Å². The lowest BCUT2D eigenvalue weighted by molar-refractivity contribution is -0.149. The Morgan fingerprint density at radius 1 is 1.27 bits per heavy atom. The Morgan fingerprint density at radius 2 is 1.93 bits per heavy atom. The molecule has 0 aromatic rings. The first-order valence-corrected chi connectivity index (χ1v) is 5.92. The number of ether oxygens (including phenoxy) is 1. The third-order valence-electron chi connectivity index (χ3n) is 2.82. The molecule has 1 unspecified atom stereocenters. The predicted octanol–water partition coefficient (Wildman–Crippen LogP) is 4.06. The van der Waals surface area contributed by atoms with Crippen molar-refractivity contribution in [2.75, 3.05) is 0 Å². The maximum absolute atomic E-state index is 11.8. The van der Waals surface area contributed by atoms with Crippen LogP contribution in [0.2, 0.25) is 0 Å². The third kappa shape index (κ3) is 5.01. The van der Waals surface area contributed by atoms with Gasteiger partial charge in [-0.05, 0) is 19.8 Å². The van der Waals surface area contributed by atoms with E-state index in [-0.39, 0.29) is 11.4 Å².